The highest BCUT2D eigenvalue weighted by molar-refractivity contribution is 5.86. The van der Waals surface area contributed by atoms with E-state index >= 15 is 0 Å². The number of H-pyrrole nitrogens is 1. The third-order valence-corrected chi connectivity index (χ3v) is 5.18. The lowest BCUT2D eigenvalue weighted by molar-refractivity contribution is -0.130. The molecular weight excluding hydrogens is 362 g/mol. The topological polar surface area (TPSA) is 66.1 Å². The van der Waals surface area contributed by atoms with Gasteiger partial charge in [0, 0.05) is 26.4 Å². The summed E-state index contributed by atoms with van der Waals surface area (Å²) in [5, 5.41) is 2.94. The average Bonchev–Trinajstić information content (AvgIpc) is 2.74. The molecule has 5 heteroatoms. The van der Waals surface area contributed by atoms with Crippen molar-refractivity contribution in [2.75, 3.05) is 7.05 Å². The van der Waals surface area contributed by atoms with Crippen LogP contribution in [0.15, 0.2) is 71.5 Å². The fourth-order valence-electron chi connectivity index (χ4n) is 3.63. The van der Waals surface area contributed by atoms with E-state index in [-0.39, 0.29) is 11.5 Å². The number of fused-ring (bicyclic) bond motifs is 2. The molecule has 3 aromatic carbocycles. The maximum Gasteiger partial charge on any atom is 0.258 e. The number of aromatic amines is 1. The van der Waals surface area contributed by atoms with E-state index in [0.29, 0.717) is 42.5 Å². The largest absolute Gasteiger partial charge is 0.341 e. The van der Waals surface area contributed by atoms with Crippen molar-refractivity contribution in [3.63, 3.8) is 0 Å². The molecule has 0 fully saturated rings. The number of hydrogen-bond donors (Lipinski definition) is 1. The Morgan fingerprint density at radius 2 is 1.69 bits per heavy atom. The fraction of sp³-hybridized carbons (Fsp3) is 0.208. The first-order valence-corrected chi connectivity index (χ1v) is 9.80. The van der Waals surface area contributed by atoms with E-state index in [4.69, 9.17) is 0 Å². The van der Waals surface area contributed by atoms with Crippen LogP contribution in [0, 0.1) is 0 Å². The molecule has 5 nitrogen and oxygen atoms in total. The number of carbonyl (C=O) groups excluding carboxylic acids is 1. The maximum atomic E-state index is 12.6. The summed E-state index contributed by atoms with van der Waals surface area (Å²) in [5.74, 6) is 0.708. The van der Waals surface area contributed by atoms with E-state index in [2.05, 4.69) is 34.2 Å². The van der Waals surface area contributed by atoms with Crippen molar-refractivity contribution < 1.29 is 4.79 Å². The SMILES string of the molecule is CN(Cc1cccc2ccccc12)C(=O)CCCc1nc2ccccc2c(=O)[nH]1. The van der Waals surface area contributed by atoms with E-state index in [1.165, 1.54) is 10.8 Å². The molecule has 1 heterocycles. The lowest BCUT2D eigenvalue weighted by atomic mass is 10.0. The second kappa shape index (κ2) is 8.27. The first kappa shape index (κ1) is 18.9. The molecule has 0 spiro atoms. The van der Waals surface area contributed by atoms with Crippen LogP contribution in [0.3, 0.4) is 0 Å². The highest BCUT2D eigenvalue weighted by Gasteiger charge is 2.11. The Labute approximate surface area is 169 Å². The first-order valence-electron chi connectivity index (χ1n) is 9.80. The van der Waals surface area contributed by atoms with Gasteiger partial charge in [0.25, 0.3) is 5.56 Å². The van der Waals surface area contributed by atoms with Gasteiger partial charge < -0.3 is 9.88 Å². The molecule has 0 bridgehead atoms. The first-order chi connectivity index (χ1) is 14.1. The lowest BCUT2D eigenvalue weighted by Crippen LogP contribution is -2.26. The number of benzene rings is 3. The number of amides is 1. The standard InChI is InChI=1S/C24H23N3O2/c1-27(16-18-10-6-9-17-8-2-3-11-19(17)18)23(28)15-7-14-22-25-21-13-5-4-12-20(21)24(29)26-22/h2-6,8-13H,7,14-16H2,1H3,(H,25,26,29). The maximum absolute atomic E-state index is 12.6. The lowest BCUT2D eigenvalue weighted by Gasteiger charge is -2.18. The number of nitrogens with one attached hydrogen (secondary N) is 1. The van der Waals surface area contributed by atoms with Gasteiger partial charge in [0.2, 0.25) is 5.91 Å². The minimum Gasteiger partial charge on any atom is -0.341 e. The summed E-state index contributed by atoms with van der Waals surface area (Å²) >= 11 is 0. The van der Waals surface area contributed by atoms with Crippen LogP contribution in [0.1, 0.15) is 24.2 Å². The monoisotopic (exact) mass is 385 g/mol. The molecule has 0 atom stereocenters. The zero-order valence-electron chi connectivity index (χ0n) is 16.4. The fourth-order valence-corrected chi connectivity index (χ4v) is 3.63. The van der Waals surface area contributed by atoms with Gasteiger partial charge in [0.15, 0.2) is 0 Å². The summed E-state index contributed by atoms with van der Waals surface area (Å²) in [4.78, 5) is 33.8. The van der Waals surface area contributed by atoms with Crippen LogP contribution in [0.25, 0.3) is 21.7 Å². The third-order valence-electron chi connectivity index (χ3n) is 5.18. The molecule has 146 valence electrons. The Hall–Kier alpha value is -3.47. The van der Waals surface area contributed by atoms with E-state index < -0.39 is 0 Å². The number of nitrogens with zero attached hydrogens (tertiary/aromatic N) is 2. The van der Waals surface area contributed by atoms with Gasteiger partial charge in [0.05, 0.1) is 10.9 Å². The minimum atomic E-state index is -0.134. The van der Waals surface area contributed by atoms with Crippen LogP contribution in [0.4, 0.5) is 0 Å². The molecule has 29 heavy (non-hydrogen) atoms. The highest BCUT2D eigenvalue weighted by atomic mass is 16.2. The van der Waals surface area contributed by atoms with Crippen molar-refractivity contribution in [3.8, 4) is 0 Å². The summed E-state index contributed by atoms with van der Waals surface area (Å²) in [6.07, 6.45) is 1.62. The second-order valence-corrected chi connectivity index (χ2v) is 7.27. The van der Waals surface area contributed by atoms with Gasteiger partial charge in [-0.25, -0.2) is 4.98 Å². The number of carbonyl (C=O) groups is 1. The van der Waals surface area contributed by atoms with E-state index in [9.17, 15) is 9.59 Å². The Morgan fingerprint density at radius 1 is 0.966 bits per heavy atom. The van der Waals surface area contributed by atoms with Crippen LogP contribution in [-0.4, -0.2) is 27.8 Å². The number of hydrogen-bond acceptors (Lipinski definition) is 3. The van der Waals surface area contributed by atoms with Crippen LogP contribution in [-0.2, 0) is 17.8 Å². The number of rotatable bonds is 6. The zero-order chi connectivity index (χ0) is 20.2. The summed E-state index contributed by atoms with van der Waals surface area (Å²) in [6.45, 7) is 0.575. The van der Waals surface area contributed by atoms with Crippen LogP contribution in [0.5, 0.6) is 0 Å². The summed E-state index contributed by atoms with van der Waals surface area (Å²) in [5.41, 5.74) is 1.69. The predicted molar refractivity (Wildman–Crippen MR) is 116 cm³/mol. The molecule has 0 radical (unpaired) electrons. The Balaban J connectivity index is 1.38. The highest BCUT2D eigenvalue weighted by Crippen LogP contribution is 2.20. The Kier molecular flexibility index (Phi) is 5.38. The predicted octanol–water partition coefficient (Wildman–Crippen LogP) is 4.06. The average molecular weight is 385 g/mol. The van der Waals surface area contributed by atoms with Gasteiger partial charge in [-0.3, -0.25) is 9.59 Å². The number of para-hydroxylation sites is 1. The van der Waals surface area contributed by atoms with Crippen molar-refractivity contribution in [3.05, 3.63) is 88.5 Å². The molecule has 0 aliphatic carbocycles. The molecule has 0 saturated carbocycles. The van der Waals surface area contributed by atoms with Gasteiger partial charge in [-0.05, 0) is 34.9 Å². The van der Waals surface area contributed by atoms with Crippen LogP contribution >= 0.6 is 0 Å². The minimum absolute atomic E-state index is 0.0843. The number of aromatic nitrogens is 2. The van der Waals surface area contributed by atoms with Gasteiger partial charge in [-0.1, -0.05) is 54.6 Å². The van der Waals surface area contributed by atoms with Crippen LogP contribution < -0.4 is 5.56 Å². The quantitative estimate of drug-likeness (QED) is 0.544. The molecule has 1 aromatic heterocycles. The second-order valence-electron chi connectivity index (χ2n) is 7.27. The Morgan fingerprint density at radius 3 is 2.55 bits per heavy atom. The molecule has 1 N–H and O–H groups in total. The van der Waals surface area contributed by atoms with Gasteiger partial charge in [-0.15, -0.1) is 0 Å². The summed E-state index contributed by atoms with van der Waals surface area (Å²) in [7, 11) is 1.83. The van der Waals surface area contributed by atoms with E-state index in [1.54, 1.807) is 11.0 Å². The number of aryl methyl sites for hydroxylation is 1. The molecule has 0 aliphatic rings. The van der Waals surface area contributed by atoms with Crippen molar-refractivity contribution >= 4 is 27.6 Å². The van der Waals surface area contributed by atoms with Crippen LogP contribution in [0.2, 0.25) is 0 Å². The zero-order valence-corrected chi connectivity index (χ0v) is 16.4. The van der Waals surface area contributed by atoms with Crippen molar-refractivity contribution in [1.29, 1.82) is 0 Å². The smallest absolute Gasteiger partial charge is 0.258 e. The van der Waals surface area contributed by atoms with Crippen molar-refractivity contribution in [2.24, 2.45) is 0 Å². The summed E-state index contributed by atoms with van der Waals surface area (Å²) < 4.78 is 0. The van der Waals surface area contributed by atoms with E-state index in [0.717, 1.165) is 5.56 Å². The van der Waals surface area contributed by atoms with Gasteiger partial charge in [-0.2, -0.15) is 0 Å². The van der Waals surface area contributed by atoms with Crippen molar-refractivity contribution in [2.45, 2.75) is 25.8 Å². The molecule has 0 unspecified atom stereocenters. The normalized spacial score (nSPS) is 11.1. The van der Waals surface area contributed by atoms with Gasteiger partial charge >= 0.3 is 0 Å². The van der Waals surface area contributed by atoms with E-state index in [1.807, 2.05) is 43.4 Å². The molecule has 0 saturated heterocycles. The molecule has 0 aliphatic heterocycles. The molecular formula is C24H23N3O2. The molecule has 1 amide bonds. The summed E-state index contributed by atoms with van der Waals surface area (Å²) in [6, 6.07) is 21.7. The molecule has 4 rings (SSSR count). The Bertz CT molecular complexity index is 1220. The van der Waals surface area contributed by atoms with Crippen molar-refractivity contribution in [1.82, 2.24) is 14.9 Å². The third kappa shape index (κ3) is 4.19. The molecule has 4 aromatic rings. The van der Waals surface area contributed by atoms with Gasteiger partial charge in [0.1, 0.15) is 5.82 Å².